The number of alkyl halides is 3. The maximum Gasteiger partial charge on any atom is 0.429 e. The molecule has 0 bridgehead atoms. The van der Waals surface area contributed by atoms with Crippen LogP contribution in [0.25, 0.3) is 5.69 Å². The molecule has 8 nitrogen and oxygen atoms in total. The van der Waals surface area contributed by atoms with Gasteiger partial charge in [0.15, 0.2) is 0 Å². The van der Waals surface area contributed by atoms with E-state index in [1.165, 1.54) is 16.5 Å². The second-order valence-electron chi connectivity index (χ2n) is 6.81. The first-order valence-electron chi connectivity index (χ1n) is 9.20. The molecular weight excluding hydrogens is 405 g/mol. The number of rotatable bonds is 2. The zero-order valence-electron chi connectivity index (χ0n) is 16.3. The van der Waals surface area contributed by atoms with Crippen molar-refractivity contribution in [3.63, 3.8) is 0 Å². The molecule has 2 aromatic rings. The van der Waals surface area contributed by atoms with Gasteiger partial charge in [-0.2, -0.15) is 18.3 Å². The van der Waals surface area contributed by atoms with E-state index in [0.717, 1.165) is 7.11 Å². The molecule has 2 aliphatic heterocycles. The van der Waals surface area contributed by atoms with Crippen molar-refractivity contribution in [2.45, 2.75) is 18.6 Å². The highest BCUT2D eigenvalue weighted by atomic mass is 19.4. The number of aryl methyl sites for hydroxylation is 1. The summed E-state index contributed by atoms with van der Waals surface area (Å²) in [5.74, 6) is -1.78. The Labute approximate surface area is 169 Å². The van der Waals surface area contributed by atoms with Gasteiger partial charge in [-0.25, -0.2) is 14.5 Å². The van der Waals surface area contributed by atoms with Gasteiger partial charge in [-0.15, -0.1) is 0 Å². The van der Waals surface area contributed by atoms with Crippen molar-refractivity contribution >= 4 is 12.0 Å². The number of amidine groups is 1. The Morgan fingerprint density at radius 2 is 1.87 bits per heavy atom. The number of ether oxygens (including phenoxy) is 3. The Balaban J connectivity index is 1.98. The Hall–Kier alpha value is -3.08. The summed E-state index contributed by atoms with van der Waals surface area (Å²) in [5, 5.41) is 4.23. The molecule has 1 aromatic heterocycles. The van der Waals surface area contributed by atoms with Gasteiger partial charge in [-0.3, -0.25) is 0 Å². The van der Waals surface area contributed by atoms with Crippen LogP contribution in [0.4, 0.5) is 13.2 Å². The number of morpholine rings is 1. The van der Waals surface area contributed by atoms with Crippen LogP contribution in [0.15, 0.2) is 35.3 Å². The SMILES string of the molecule is COC(=O)C1(C(F)(F)F)N=C(N2CCOCC2)Oc2c1c(C)nn2-c1ccccc1. The Kier molecular flexibility index (Phi) is 4.92. The van der Waals surface area contributed by atoms with E-state index in [0.29, 0.717) is 18.9 Å². The van der Waals surface area contributed by atoms with Crippen molar-refractivity contribution < 1.29 is 32.2 Å². The molecular formula is C19H19F3N4O4. The van der Waals surface area contributed by atoms with Crippen molar-refractivity contribution in [1.29, 1.82) is 0 Å². The molecule has 2 aliphatic rings. The van der Waals surface area contributed by atoms with Crippen LogP contribution < -0.4 is 4.74 Å². The van der Waals surface area contributed by atoms with E-state index < -0.39 is 23.2 Å². The van der Waals surface area contributed by atoms with Gasteiger partial charge in [0.05, 0.1) is 37.3 Å². The van der Waals surface area contributed by atoms with Gasteiger partial charge in [-0.1, -0.05) is 18.2 Å². The summed E-state index contributed by atoms with van der Waals surface area (Å²) >= 11 is 0. The smallest absolute Gasteiger partial charge is 0.429 e. The first-order valence-corrected chi connectivity index (χ1v) is 9.20. The first kappa shape index (κ1) is 20.2. The number of para-hydroxylation sites is 1. The first-order chi connectivity index (χ1) is 14.3. The molecule has 1 saturated heterocycles. The molecule has 0 radical (unpaired) electrons. The summed E-state index contributed by atoms with van der Waals surface area (Å²) in [6, 6.07) is 8.21. The number of aliphatic imine (C=N–C) groups is 1. The molecule has 4 rings (SSSR count). The quantitative estimate of drug-likeness (QED) is 0.688. The Morgan fingerprint density at radius 1 is 1.20 bits per heavy atom. The van der Waals surface area contributed by atoms with Crippen molar-refractivity contribution in [2.24, 2.45) is 4.99 Å². The number of halogens is 3. The number of hydrogen-bond donors (Lipinski definition) is 0. The fraction of sp³-hybridized carbons (Fsp3) is 0.421. The number of aromatic nitrogens is 2. The molecule has 0 spiro atoms. The van der Waals surface area contributed by atoms with Crippen LogP contribution in [0, 0.1) is 6.92 Å². The summed E-state index contributed by atoms with van der Waals surface area (Å²) in [4.78, 5) is 17.9. The Bertz CT molecular complexity index is 984. The second-order valence-corrected chi connectivity index (χ2v) is 6.81. The van der Waals surface area contributed by atoms with Crippen LogP contribution >= 0.6 is 0 Å². The van der Waals surface area contributed by atoms with Gasteiger partial charge in [0.1, 0.15) is 0 Å². The molecule has 1 aromatic carbocycles. The van der Waals surface area contributed by atoms with Gasteiger partial charge in [0, 0.05) is 13.1 Å². The molecule has 3 heterocycles. The van der Waals surface area contributed by atoms with Crippen molar-refractivity contribution in [3.05, 3.63) is 41.6 Å². The standard InChI is InChI=1S/C19H19F3N4O4/c1-12-14-15(26(24-12)13-6-4-3-5-7-13)30-17(25-8-10-29-11-9-25)23-18(14,16(27)28-2)19(20,21)22/h3-7H,8-11H2,1-2H3. The van der Waals surface area contributed by atoms with Crippen molar-refractivity contribution in [3.8, 4) is 11.6 Å². The number of esters is 1. The highest BCUT2D eigenvalue weighted by Gasteiger charge is 2.68. The lowest BCUT2D eigenvalue weighted by molar-refractivity contribution is -0.207. The van der Waals surface area contributed by atoms with E-state index in [1.807, 2.05) is 0 Å². The third-order valence-corrected chi connectivity index (χ3v) is 5.00. The van der Waals surface area contributed by atoms with E-state index in [1.54, 1.807) is 30.3 Å². The maximum atomic E-state index is 14.5. The topological polar surface area (TPSA) is 78.2 Å². The average molecular weight is 424 g/mol. The van der Waals surface area contributed by atoms with Crippen LogP contribution in [-0.2, 0) is 19.8 Å². The number of methoxy groups -OCH3 is 1. The monoisotopic (exact) mass is 424 g/mol. The van der Waals surface area contributed by atoms with Gasteiger partial charge < -0.3 is 19.1 Å². The lowest BCUT2D eigenvalue weighted by Gasteiger charge is -2.37. The van der Waals surface area contributed by atoms with Gasteiger partial charge in [0.25, 0.3) is 11.6 Å². The highest BCUT2D eigenvalue weighted by molar-refractivity contribution is 5.92. The molecule has 1 fully saturated rings. The van der Waals surface area contributed by atoms with Crippen LogP contribution in [0.1, 0.15) is 11.3 Å². The molecule has 1 unspecified atom stereocenters. The zero-order chi connectivity index (χ0) is 21.5. The van der Waals surface area contributed by atoms with E-state index in [4.69, 9.17) is 9.47 Å². The van der Waals surface area contributed by atoms with E-state index in [-0.39, 0.29) is 30.7 Å². The van der Waals surface area contributed by atoms with Crippen molar-refractivity contribution in [1.82, 2.24) is 14.7 Å². The van der Waals surface area contributed by atoms with Gasteiger partial charge in [0.2, 0.25) is 5.88 Å². The number of hydrogen-bond acceptors (Lipinski definition) is 7. The van der Waals surface area contributed by atoms with E-state index >= 15 is 0 Å². The minimum Gasteiger partial charge on any atom is -0.467 e. The largest absolute Gasteiger partial charge is 0.467 e. The summed E-state index contributed by atoms with van der Waals surface area (Å²) < 4.78 is 60.4. The molecule has 11 heteroatoms. The van der Waals surface area contributed by atoms with Crippen LogP contribution in [0.5, 0.6) is 5.88 Å². The van der Waals surface area contributed by atoms with Crippen molar-refractivity contribution in [2.75, 3.05) is 33.4 Å². The normalized spacial score (nSPS) is 21.5. The Morgan fingerprint density at radius 3 is 2.47 bits per heavy atom. The predicted molar refractivity (Wildman–Crippen MR) is 98.5 cm³/mol. The number of carbonyl (C=O) groups excluding carboxylic acids is 1. The van der Waals surface area contributed by atoms with E-state index in [9.17, 15) is 18.0 Å². The van der Waals surface area contributed by atoms with Gasteiger partial charge >= 0.3 is 12.1 Å². The third-order valence-electron chi connectivity index (χ3n) is 5.00. The zero-order valence-corrected chi connectivity index (χ0v) is 16.3. The van der Waals surface area contributed by atoms with Crippen LogP contribution in [0.2, 0.25) is 0 Å². The maximum absolute atomic E-state index is 14.5. The molecule has 30 heavy (non-hydrogen) atoms. The lowest BCUT2D eigenvalue weighted by atomic mass is 9.89. The summed E-state index contributed by atoms with van der Waals surface area (Å²) in [5.41, 5.74) is -3.34. The fourth-order valence-corrected chi connectivity index (χ4v) is 3.58. The minimum atomic E-state index is -5.09. The molecule has 1 atom stereocenters. The average Bonchev–Trinajstić information content (AvgIpc) is 3.09. The number of fused-ring (bicyclic) bond motifs is 1. The van der Waals surface area contributed by atoms with Gasteiger partial charge in [-0.05, 0) is 19.1 Å². The second kappa shape index (κ2) is 7.31. The predicted octanol–water partition coefficient (Wildman–Crippen LogP) is 2.19. The molecule has 160 valence electrons. The summed E-state index contributed by atoms with van der Waals surface area (Å²) in [6.07, 6.45) is -5.09. The third kappa shape index (κ3) is 3.00. The number of nitrogens with zero attached hydrogens (tertiary/aromatic N) is 4. The fourth-order valence-electron chi connectivity index (χ4n) is 3.58. The molecule has 0 aliphatic carbocycles. The lowest BCUT2D eigenvalue weighted by Crippen LogP contribution is -2.54. The van der Waals surface area contributed by atoms with E-state index in [2.05, 4.69) is 14.8 Å². The number of carbonyl (C=O) groups is 1. The van der Waals surface area contributed by atoms with Crippen LogP contribution in [-0.4, -0.2) is 66.3 Å². The molecule has 0 saturated carbocycles. The molecule has 0 N–H and O–H groups in total. The highest BCUT2D eigenvalue weighted by Crippen LogP contribution is 2.51. The minimum absolute atomic E-state index is 0.0404. The van der Waals surface area contributed by atoms with Crippen LogP contribution in [0.3, 0.4) is 0 Å². The number of benzene rings is 1. The summed E-state index contributed by atoms with van der Waals surface area (Å²) in [6.45, 7) is 2.50. The molecule has 0 amide bonds. The summed E-state index contributed by atoms with van der Waals surface area (Å²) in [7, 11) is 0.895.